The van der Waals surface area contributed by atoms with Gasteiger partial charge in [-0.3, -0.25) is 19.2 Å². The fourth-order valence-corrected chi connectivity index (χ4v) is 15.4. The number of ether oxygens (including phenoxy) is 18. The molecule has 20 unspecified atom stereocenters. The number of benzene rings is 2. The Morgan fingerprint density at radius 1 is 0.543 bits per heavy atom. The minimum atomic E-state index is -2.66. The molecular formula is C79H123N5O45. The molecule has 5 fully saturated rings. The van der Waals surface area contributed by atoms with Crippen LogP contribution in [0.25, 0.3) is 11.1 Å². The van der Waals surface area contributed by atoms with Gasteiger partial charge in [0.2, 0.25) is 23.6 Å². The Balaban J connectivity index is 0.966. The number of methoxy groups -OCH3 is 1. The molecule has 1 aliphatic carbocycles. The van der Waals surface area contributed by atoms with Gasteiger partial charge in [0, 0.05) is 40.2 Å². The Hall–Kier alpha value is -6.87. The highest BCUT2D eigenvalue weighted by Crippen LogP contribution is 2.45. The van der Waals surface area contributed by atoms with E-state index in [0.29, 0.717) is 12.8 Å². The second-order valence-corrected chi connectivity index (χ2v) is 31.2. The van der Waals surface area contributed by atoms with Crippen molar-refractivity contribution in [1.82, 2.24) is 26.6 Å². The molecule has 0 saturated carbocycles. The van der Waals surface area contributed by atoms with Crippen LogP contribution in [-0.2, 0) is 114 Å². The highest BCUT2D eigenvalue weighted by Gasteiger charge is 2.59. The number of aliphatic hydroxyl groups is 19. The zero-order valence-electron chi connectivity index (χ0n) is 71.3. The summed E-state index contributed by atoms with van der Waals surface area (Å²) in [5.41, 5.74) is 3.56. The van der Waals surface area contributed by atoms with Gasteiger partial charge in [-0.1, -0.05) is 61.9 Å². The number of amides is 5. The molecule has 8 rings (SSSR count). The molecular weight excluding hydrogens is 1740 g/mol. The van der Waals surface area contributed by atoms with Crippen molar-refractivity contribution in [2.75, 3.05) is 106 Å². The van der Waals surface area contributed by atoms with Crippen LogP contribution in [0.4, 0.5) is 4.79 Å². The summed E-state index contributed by atoms with van der Waals surface area (Å²) in [6, 6.07) is 7.87. The zero-order chi connectivity index (χ0) is 94.8. The lowest BCUT2D eigenvalue weighted by Gasteiger charge is -2.49. The van der Waals surface area contributed by atoms with Crippen molar-refractivity contribution in [3.05, 3.63) is 59.7 Å². The predicted molar refractivity (Wildman–Crippen MR) is 423 cm³/mol. The average Bonchev–Trinajstić information content (AvgIpc) is 1.71. The molecule has 50 nitrogen and oxygen atoms in total. The van der Waals surface area contributed by atoms with Gasteiger partial charge in [-0.05, 0) is 35.6 Å². The molecule has 6 aliphatic rings. The molecule has 25 N–H and O–H groups in total. The number of aliphatic carboxylic acids is 1. The summed E-state index contributed by atoms with van der Waals surface area (Å²) in [7, 11) is 1.11. The third-order valence-electron chi connectivity index (χ3n) is 22.0. The molecule has 0 radical (unpaired) electrons. The fraction of sp³-hybridized carbons (Fsp3) is 0.759. The van der Waals surface area contributed by atoms with Crippen molar-refractivity contribution in [1.29, 1.82) is 0 Å². The predicted octanol–water partition coefficient (Wildman–Crippen LogP) is -11.3. The lowest BCUT2D eigenvalue weighted by atomic mass is 9.88. The number of rotatable bonds is 51. The molecule has 2 aromatic carbocycles. The zero-order valence-corrected chi connectivity index (χ0v) is 71.3. The number of aliphatic hydroxyl groups excluding tert-OH is 19. The van der Waals surface area contributed by atoms with E-state index in [9.17, 15) is 136 Å². The molecule has 2 aromatic rings. The Morgan fingerprint density at radius 2 is 1.12 bits per heavy atom. The van der Waals surface area contributed by atoms with E-state index in [-0.39, 0.29) is 13.2 Å². The maximum Gasteiger partial charge on any atom is 0.407 e. The van der Waals surface area contributed by atoms with Crippen molar-refractivity contribution in [3.63, 3.8) is 0 Å². The monoisotopic (exact) mass is 1860 g/mol. The Kier molecular flexibility index (Phi) is 43.0. The normalized spacial score (nSPS) is 32.3. The van der Waals surface area contributed by atoms with Crippen molar-refractivity contribution in [3.8, 4) is 11.1 Å². The van der Waals surface area contributed by atoms with E-state index in [1.807, 2.05) is 48.5 Å². The Morgan fingerprint density at radius 3 is 1.71 bits per heavy atom. The molecule has 129 heavy (non-hydrogen) atoms. The highest BCUT2D eigenvalue weighted by molar-refractivity contribution is 5.87. The van der Waals surface area contributed by atoms with Gasteiger partial charge in [-0.25, -0.2) is 14.4 Å². The number of carboxylic acid groups (broad SMARTS) is 1. The summed E-state index contributed by atoms with van der Waals surface area (Å²) in [4.78, 5) is 91.2. The number of carboxylic acids is 1. The van der Waals surface area contributed by atoms with E-state index in [4.69, 9.17) is 85.3 Å². The molecule has 0 bridgehead atoms. The Labute approximate surface area is 738 Å². The van der Waals surface area contributed by atoms with Crippen LogP contribution in [0.2, 0.25) is 0 Å². The molecule has 0 aromatic heterocycles. The topological polar surface area (TPSA) is 750 Å². The number of carbonyl (C=O) groups is 7. The van der Waals surface area contributed by atoms with Gasteiger partial charge < -0.3 is 214 Å². The largest absolute Gasteiger partial charge is 0.480 e. The van der Waals surface area contributed by atoms with E-state index in [2.05, 4.69) is 26.6 Å². The maximum atomic E-state index is 13.9. The van der Waals surface area contributed by atoms with Crippen LogP contribution in [0.1, 0.15) is 77.3 Å². The number of fused-ring (bicyclic) bond motifs is 3. The summed E-state index contributed by atoms with van der Waals surface area (Å²) in [6.07, 6.45) is -58.9. The van der Waals surface area contributed by atoms with Gasteiger partial charge in [-0.2, -0.15) is 0 Å². The van der Waals surface area contributed by atoms with E-state index < -0.39 is 355 Å². The summed E-state index contributed by atoms with van der Waals surface area (Å²) in [6.45, 7) is -6.73. The first-order valence-electron chi connectivity index (χ1n) is 41.7. The number of nitrogens with one attached hydrogen (secondary N) is 5. The van der Waals surface area contributed by atoms with Crippen LogP contribution in [0.15, 0.2) is 48.5 Å². The smallest absolute Gasteiger partial charge is 0.407 e. The van der Waals surface area contributed by atoms with Gasteiger partial charge in [0.25, 0.3) is 5.79 Å². The SMILES string of the molecule is CCCCOC(=O)[C@@]1(OCCO[C@@H](O[C@@H]2C(CO)O[C@@H](OC3C(O)[C@H](O)C(CO)O[C@@H]3OCC3O[C@@H](O[C@@H](C(C)O)C(CO)OCO[C@@H]4C(CO)O[C@@H](NC(=O)CC(NC(=O)OCC5c6ccccc6-c6ccccc65)C(=O)O)C(NC(C)=O)C4O)C(O)C(O[C@@H](OCCO)C(CO)OC)[C@@H]3O)C(NC(C)=O)C2O)C(O)CO)CC(O)[C@@H](NC(C)=O)C([C@H](O)C(O)CO)O1. The van der Waals surface area contributed by atoms with Crippen LogP contribution in [0.3, 0.4) is 0 Å². The molecule has 5 heterocycles. The van der Waals surface area contributed by atoms with Crippen molar-refractivity contribution in [2.24, 2.45) is 0 Å². The van der Waals surface area contributed by atoms with Gasteiger partial charge >= 0.3 is 18.0 Å². The Bertz CT molecular complexity index is 3750. The van der Waals surface area contributed by atoms with Crippen molar-refractivity contribution >= 4 is 41.7 Å². The van der Waals surface area contributed by atoms with Gasteiger partial charge in [0.1, 0.15) is 160 Å². The van der Waals surface area contributed by atoms with Gasteiger partial charge in [0.15, 0.2) is 37.7 Å². The third kappa shape index (κ3) is 27.9. The maximum absolute atomic E-state index is 13.9. The second kappa shape index (κ2) is 51.6. The number of esters is 1. The van der Waals surface area contributed by atoms with Gasteiger partial charge in [-0.15, -0.1) is 0 Å². The summed E-state index contributed by atoms with van der Waals surface area (Å²) in [5.74, 6) is -9.62. The molecule has 0 spiro atoms. The minimum absolute atomic E-state index is 0.210. The fourth-order valence-electron chi connectivity index (χ4n) is 15.4. The van der Waals surface area contributed by atoms with Crippen LogP contribution in [-0.4, -0.2) is 458 Å². The van der Waals surface area contributed by atoms with Gasteiger partial charge in [0.05, 0.1) is 111 Å². The van der Waals surface area contributed by atoms with Crippen molar-refractivity contribution in [2.45, 2.75) is 274 Å². The third-order valence-corrected chi connectivity index (χ3v) is 22.0. The van der Waals surface area contributed by atoms with Crippen molar-refractivity contribution < 1.29 is 221 Å². The molecule has 734 valence electrons. The van der Waals surface area contributed by atoms with E-state index in [0.717, 1.165) is 57.1 Å². The molecule has 5 aliphatic heterocycles. The minimum Gasteiger partial charge on any atom is -0.480 e. The molecule has 5 saturated heterocycles. The number of hydrogen-bond acceptors (Lipinski definition) is 44. The van der Waals surface area contributed by atoms with E-state index in [1.54, 1.807) is 6.92 Å². The first-order valence-corrected chi connectivity index (χ1v) is 41.7. The standard InChI is InChI=1S/C79H123N5O45/c1-7-8-18-115-77(110)79(23-44(97)54(80-35(3)94)67(129-79)57(101)45(98)24-86)120-21-20-114-72(46(99)25-87)126-66-50(29-91)123-74(56(61(66)105)82-37(5)96)128-69-62(106)58(102)47(26-88)122-76(69)116-32-52-59(103)68(127-73(113-19-17-85)51(30-92)112-6)63(107)75(124-52)125-64(34(2)93)48(27-89)118-33-119-65-49(28-90)121-70(55(60(65)104)81-36(4)95)84-53(100)22-43(71(108)109)83-78(111)117-31-42-40-15-11-9-13-38(40)39-14-10-12-16-41(39)42/h9-16,34,42-52,54-70,72-76,85-93,97-99,101-107H,7-8,17-33H2,1-6H3,(H,80,94)(H,81,95)(H,82,96)(H,83,111)(H,84,100)(H,108,109)/t34?,43?,44?,45?,46?,47?,48?,49?,50?,51?,52?,54-,55?,56?,57-,58-,59-,60?,61?,62?,63?,64+,65-,66-,67?,68?,69?,70-,72+,73-,74+,75+,76+,79-/m1/s1. The number of carbonyl (C=O) groups excluding carboxylic acids is 6. The lowest BCUT2D eigenvalue weighted by Crippen LogP contribution is -2.68. The summed E-state index contributed by atoms with van der Waals surface area (Å²) >= 11 is 0. The number of hydrogen-bond donors (Lipinski definition) is 25. The first-order chi connectivity index (χ1) is 61.5. The van der Waals surface area contributed by atoms with Crippen LogP contribution in [0.5, 0.6) is 0 Å². The number of unbranched alkanes of at least 4 members (excludes halogenated alkanes) is 1. The highest BCUT2D eigenvalue weighted by atomic mass is 16.8. The average molecular weight is 1860 g/mol. The van der Waals surface area contributed by atoms with Crippen LogP contribution >= 0.6 is 0 Å². The van der Waals surface area contributed by atoms with E-state index in [1.165, 1.54) is 0 Å². The lowest BCUT2D eigenvalue weighted by molar-refractivity contribution is -0.376. The summed E-state index contributed by atoms with van der Waals surface area (Å²) < 4.78 is 105. The summed E-state index contributed by atoms with van der Waals surface area (Å²) in [5, 5.41) is 232. The molecule has 5 amide bonds. The number of alkyl carbamates (subject to hydrolysis) is 1. The molecule has 34 atom stereocenters. The second-order valence-electron chi connectivity index (χ2n) is 31.2. The molecule has 50 heteroatoms. The van der Waals surface area contributed by atoms with E-state index >= 15 is 0 Å². The van der Waals surface area contributed by atoms with Crippen LogP contribution in [0, 0.1) is 0 Å². The first kappa shape index (κ1) is 107. The van der Waals surface area contributed by atoms with Crippen LogP contribution < -0.4 is 26.6 Å². The quantitative estimate of drug-likeness (QED) is 0.0166.